The Morgan fingerprint density at radius 1 is 0.882 bits per heavy atom. The zero-order valence-electron chi connectivity index (χ0n) is 11.9. The van der Waals surface area contributed by atoms with E-state index in [1.165, 1.54) is 6.42 Å². The van der Waals surface area contributed by atoms with Gasteiger partial charge in [0.05, 0.1) is 0 Å². The van der Waals surface area contributed by atoms with Crippen molar-refractivity contribution in [1.29, 1.82) is 0 Å². The number of nitrogens with one attached hydrogen (secondary N) is 3. The van der Waals surface area contributed by atoms with Gasteiger partial charge >= 0.3 is 0 Å². The highest BCUT2D eigenvalue weighted by atomic mass is 14.9. The summed E-state index contributed by atoms with van der Waals surface area (Å²) in [5.41, 5.74) is 5.42. The first-order chi connectivity index (χ1) is 8.16. The highest BCUT2D eigenvalue weighted by molar-refractivity contribution is 4.62. The molecule has 4 heteroatoms. The third kappa shape index (κ3) is 13.8. The summed E-state index contributed by atoms with van der Waals surface area (Å²) in [7, 11) is 0. The molecule has 0 bridgehead atoms. The molecule has 0 aliphatic carbocycles. The number of hydrogen-bond acceptors (Lipinski definition) is 4. The minimum Gasteiger partial charge on any atom is -0.330 e. The zero-order valence-corrected chi connectivity index (χ0v) is 11.9. The molecule has 0 aliphatic rings. The molecular weight excluding hydrogens is 212 g/mol. The van der Waals surface area contributed by atoms with Crippen LogP contribution in [0, 0.1) is 5.92 Å². The number of nitrogens with two attached hydrogens (primary N) is 1. The topological polar surface area (TPSA) is 62.1 Å². The Balaban J connectivity index is 3.11. The Kier molecular flexibility index (Phi) is 12.2. The lowest BCUT2D eigenvalue weighted by Crippen LogP contribution is -2.33. The predicted molar refractivity (Wildman–Crippen MR) is 76.3 cm³/mol. The van der Waals surface area contributed by atoms with Gasteiger partial charge in [-0.15, -0.1) is 0 Å². The fourth-order valence-corrected chi connectivity index (χ4v) is 1.55. The second kappa shape index (κ2) is 12.3. The monoisotopic (exact) mass is 244 g/mol. The van der Waals surface area contributed by atoms with Gasteiger partial charge in [0, 0.05) is 6.04 Å². The first-order valence-electron chi connectivity index (χ1n) is 7.01. The Hall–Kier alpha value is -0.160. The van der Waals surface area contributed by atoms with Crippen molar-refractivity contribution < 1.29 is 0 Å². The lowest BCUT2D eigenvalue weighted by atomic mass is 10.1. The average Bonchev–Trinajstić information content (AvgIpc) is 2.30. The molecule has 1 unspecified atom stereocenters. The lowest BCUT2D eigenvalue weighted by molar-refractivity contribution is 0.446. The normalized spacial score (nSPS) is 13.2. The van der Waals surface area contributed by atoms with E-state index in [4.69, 9.17) is 5.73 Å². The van der Waals surface area contributed by atoms with Gasteiger partial charge in [0.1, 0.15) is 0 Å². The minimum atomic E-state index is 0.587. The first-order valence-corrected chi connectivity index (χ1v) is 7.01. The van der Waals surface area contributed by atoms with E-state index in [0.717, 1.165) is 45.7 Å². The van der Waals surface area contributed by atoms with Gasteiger partial charge in [-0.05, 0) is 58.0 Å². The van der Waals surface area contributed by atoms with Crippen LogP contribution in [-0.2, 0) is 0 Å². The van der Waals surface area contributed by atoms with Crippen LogP contribution in [0.1, 0.15) is 33.6 Å². The Bertz CT molecular complexity index is 150. The van der Waals surface area contributed by atoms with Crippen LogP contribution in [0.4, 0.5) is 0 Å². The van der Waals surface area contributed by atoms with Gasteiger partial charge in [-0.2, -0.15) is 0 Å². The summed E-state index contributed by atoms with van der Waals surface area (Å²) in [4.78, 5) is 0. The third-order valence-electron chi connectivity index (χ3n) is 2.63. The Labute approximate surface area is 107 Å². The fourth-order valence-electron chi connectivity index (χ4n) is 1.55. The Morgan fingerprint density at radius 2 is 1.53 bits per heavy atom. The SMILES string of the molecule is CC(CNCCCNCCCN)CNC(C)C. The van der Waals surface area contributed by atoms with E-state index in [0.29, 0.717) is 12.0 Å². The van der Waals surface area contributed by atoms with E-state index < -0.39 is 0 Å². The van der Waals surface area contributed by atoms with Gasteiger partial charge in [0.25, 0.3) is 0 Å². The third-order valence-corrected chi connectivity index (χ3v) is 2.63. The molecule has 0 heterocycles. The molecule has 0 aromatic rings. The van der Waals surface area contributed by atoms with Gasteiger partial charge in [-0.25, -0.2) is 0 Å². The summed E-state index contributed by atoms with van der Waals surface area (Å²) in [5.74, 6) is 0.697. The molecule has 0 aliphatic heterocycles. The van der Waals surface area contributed by atoms with Crippen molar-refractivity contribution in [3.05, 3.63) is 0 Å². The van der Waals surface area contributed by atoms with E-state index in [9.17, 15) is 0 Å². The van der Waals surface area contributed by atoms with Crippen LogP contribution in [0.3, 0.4) is 0 Å². The molecule has 0 aromatic carbocycles. The van der Waals surface area contributed by atoms with Crippen LogP contribution in [0.5, 0.6) is 0 Å². The van der Waals surface area contributed by atoms with Crippen LogP contribution < -0.4 is 21.7 Å². The summed E-state index contributed by atoms with van der Waals surface area (Å²) in [6.07, 6.45) is 2.26. The summed E-state index contributed by atoms with van der Waals surface area (Å²) in [6.45, 7) is 12.9. The van der Waals surface area contributed by atoms with Crippen molar-refractivity contribution in [2.24, 2.45) is 11.7 Å². The molecule has 0 amide bonds. The smallest absolute Gasteiger partial charge is 0.00105 e. The van der Waals surface area contributed by atoms with Crippen molar-refractivity contribution in [2.75, 3.05) is 39.3 Å². The van der Waals surface area contributed by atoms with Crippen molar-refractivity contribution >= 4 is 0 Å². The van der Waals surface area contributed by atoms with Crippen LogP contribution in [0.25, 0.3) is 0 Å². The average molecular weight is 244 g/mol. The van der Waals surface area contributed by atoms with Crippen molar-refractivity contribution in [2.45, 2.75) is 39.7 Å². The maximum atomic E-state index is 5.42. The molecule has 17 heavy (non-hydrogen) atoms. The number of hydrogen-bond donors (Lipinski definition) is 4. The van der Waals surface area contributed by atoms with Crippen molar-refractivity contribution in [3.63, 3.8) is 0 Å². The van der Waals surface area contributed by atoms with Crippen LogP contribution in [0.15, 0.2) is 0 Å². The molecule has 4 nitrogen and oxygen atoms in total. The molecule has 0 aromatic heterocycles. The van der Waals surface area contributed by atoms with Crippen LogP contribution in [-0.4, -0.2) is 45.3 Å². The van der Waals surface area contributed by atoms with E-state index in [-0.39, 0.29) is 0 Å². The fraction of sp³-hybridized carbons (Fsp3) is 1.00. The molecule has 5 N–H and O–H groups in total. The predicted octanol–water partition coefficient (Wildman–Crippen LogP) is 0.539. The lowest BCUT2D eigenvalue weighted by Gasteiger charge is -2.15. The van der Waals surface area contributed by atoms with E-state index in [1.807, 2.05) is 0 Å². The van der Waals surface area contributed by atoms with Gasteiger partial charge in [-0.1, -0.05) is 20.8 Å². The summed E-state index contributed by atoms with van der Waals surface area (Å²) in [6, 6.07) is 0.587. The molecule has 104 valence electrons. The standard InChI is InChI=1S/C13H32N4/c1-12(2)17-11-13(3)10-16-9-5-8-15-7-4-6-14/h12-13,15-17H,4-11,14H2,1-3H3. The van der Waals surface area contributed by atoms with E-state index >= 15 is 0 Å². The van der Waals surface area contributed by atoms with Crippen molar-refractivity contribution in [1.82, 2.24) is 16.0 Å². The molecular formula is C13H32N4. The highest BCUT2D eigenvalue weighted by Gasteiger charge is 2.01. The van der Waals surface area contributed by atoms with E-state index in [1.54, 1.807) is 0 Å². The molecule has 1 atom stereocenters. The summed E-state index contributed by atoms with van der Waals surface area (Å²) >= 11 is 0. The van der Waals surface area contributed by atoms with Crippen LogP contribution >= 0.6 is 0 Å². The second-order valence-electron chi connectivity index (χ2n) is 5.12. The summed E-state index contributed by atoms with van der Waals surface area (Å²) < 4.78 is 0. The zero-order chi connectivity index (χ0) is 12.9. The largest absolute Gasteiger partial charge is 0.330 e. The minimum absolute atomic E-state index is 0.587. The van der Waals surface area contributed by atoms with E-state index in [2.05, 4.69) is 36.7 Å². The molecule has 0 fully saturated rings. The molecule has 0 saturated carbocycles. The van der Waals surface area contributed by atoms with Crippen LogP contribution in [0.2, 0.25) is 0 Å². The van der Waals surface area contributed by atoms with Crippen molar-refractivity contribution in [3.8, 4) is 0 Å². The van der Waals surface area contributed by atoms with Gasteiger partial charge in [0.15, 0.2) is 0 Å². The molecule has 0 spiro atoms. The molecule has 0 radical (unpaired) electrons. The van der Waals surface area contributed by atoms with Gasteiger partial charge < -0.3 is 21.7 Å². The van der Waals surface area contributed by atoms with Gasteiger partial charge in [0.2, 0.25) is 0 Å². The second-order valence-corrected chi connectivity index (χ2v) is 5.12. The van der Waals surface area contributed by atoms with Gasteiger partial charge in [-0.3, -0.25) is 0 Å². The first kappa shape index (κ1) is 16.8. The molecule has 0 saturated heterocycles. The highest BCUT2D eigenvalue weighted by Crippen LogP contribution is 1.91. The quantitative estimate of drug-likeness (QED) is 0.378. The number of rotatable bonds is 12. The molecule has 0 rings (SSSR count). The maximum absolute atomic E-state index is 5.42. The summed E-state index contributed by atoms with van der Waals surface area (Å²) in [5, 5.41) is 10.3. The Morgan fingerprint density at radius 3 is 2.18 bits per heavy atom. The maximum Gasteiger partial charge on any atom is 0.00105 e.